The highest BCUT2D eigenvalue weighted by molar-refractivity contribution is 5.79. The summed E-state index contributed by atoms with van der Waals surface area (Å²) in [7, 11) is 0. The summed E-state index contributed by atoms with van der Waals surface area (Å²) in [4.78, 5) is 4.98. The molecule has 0 bridgehead atoms. The topological polar surface area (TPSA) is 29.9 Å². The van der Waals surface area contributed by atoms with Gasteiger partial charge in [0.2, 0.25) is 0 Å². The lowest BCUT2D eigenvalue weighted by Crippen LogP contribution is -2.06. The molecule has 2 heterocycles. The summed E-state index contributed by atoms with van der Waals surface area (Å²) in [6.07, 6.45) is 4.26. The highest BCUT2D eigenvalue weighted by atomic mass is 15.1. The molecule has 0 fully saturated rings. The molecule has 0 amide bonds. The van der Waals surface area contributed by atoms with Crippen LogP contribution in [0.2, 0.25) is 0 Å². The van der Waals surface area contributed by atoms with Crippen LogP contribution in [-0.2, 0) is 25.8 Å². The molecule has 1 aromatic heterocycles. The van der Waals surface area contributed by atoms with Crippen molar-refractivity contribution in [3.8, 4) is 0 Å². The molecule has 29 heavy (non-hydrogen) atoms. The van der Waals surface area contributed by atoms with Gasteiger partial charge in [-0.3, -0.25) is 0 Å². The average Bonchev–Trinajstić information content (AvgIpc) is 2.96. The molecule has 0 unspecified atom stereocenters. The van der Waals surface area contributed by atoms with Crippen LogP contribution in [0.3, 0.4) is 0 Å². The lowest BCUT2D eigenvalue weighted by atomic mass is 10.0. The summed E-state index contributed by atoms with van der Waals surface area (Å²) in [5.74, 6) is 1.19. The summed E-state index contributed by atoms with van der Waals surface area (Å²) >= 11 is 0. The van der Waals surface area contributed by atoms with Gasteiger partial charge in [0.1, 0.15) is 5.82 Å². The minimum absolute atomic E-state index is 0.871. The third-order valence-electron chi connectivity index (χ3n) is 5.99. The lowest BCUT2D eigenvalue weighted by molar-refractivity contribution is 0.721. The second-order valence-corrected chi connectivity index (χ2v) is 8.08. The molecule has 5 rings (SSSR count). The Hall–Kier alpha value is -3.07. The summed E-state index contributed by atoms with van der Waals surface area (Å²) in [6.45, 7) is 5.25. The van der Waals surface area contributed by atoms with Crippen LogP contribution in [0.5, 0.6) is 0 Å². The Morgan fingerprint density at radius 1 is 0.931 bits per heavy atom. The summed E-state index contributed by atoms with van der Waals surface area (Å²) in [6, 6.07) is 22.0. The largest absolute Gasteiger partial charge is 0.355 e. The van der Waals surface area contributed by atoms with Gasteiger partial charge in [0, 0.05) is 24.3 Å². The minimum Gasteiger partial charge on any atom is -0.355 e. The number of hydrogen-bond donors (Lipinski definition) is 1. The number of anilines is 2. The molecule has 1 N–H and O–H groups in total. The normalized spacial score (nSPS) is 12.9. The first-order chi connectivity index (χ1) is 14.2. The maximum atomic E-state index is 4.98. The number of hydrogen-bond acceptors (Lipinski definition) is 2. The smallest absolute Gasteiger partial charge is 0.110 e. The Morgan fingerprint density at radius 3 is 2.66 bits per heavy atom. The van der Waals surface area contributed by atoms with Crippen molar-refractivity contribution in [2.24, 2.45) is 0 Å². The van der Waals surface area contributed by atoms with Gasteiger partial charge in [-0.1, -0.05) is 49.4 Å². The first kappa shape index (κ1) is 18.0. The van der Waals surface area contributed by atoms with E-state index in [1.807, 2.05) is 0 Å². The predicted octanol–water partition coefficient (Wildman–Crippen LogP) is 6.19. The van der Waals surface area contributed by atoms with E-state index in [0.717, 1.165) is 37.7 Å². The number of nitrogens with zero attached hydrogens (tertiary/aromatic N) is 2. The Kier molecular flexibility index (Phi) is 4.59. The molecule has 4 aromatic rings. The standard InChI is InChI=1S/C26H27N3/c1-3-7-25-28-26-18(2)8-6-11-24(26)29(25)17-19-12-15-23-21(16-19)14-13-20-9-4-5-10-22(20)27-23/h4-6,8-12,15-16,27H,3,7,13-14,17H2,1-2H3. The van der Waals surface area contributed by atoms with Crippen molar-refractivity contribution in [3.63, 3.8) is 0 Å². The van der Waals surface area contributed by atoms with E-state index in [4.69, 9.17) is 4.98 Å². The van der Waals surface area contributed by atoms with Crippen LogP contribution >= 0.6 is 0 Å². The maximum absolute atomic E-state index is 4.98. The van der Waals surface area contributed by atoms with E-state index in [2.05, 4.69) is 84.4 Å². The summed E-state index contributed by atoms with van der Waals surface area (Å²) in [5, 5.41) is 3.64. The fourth-order valence-corrected chi connectivity index (χ4v) is 4.46. The van der Waals surface area contributed by atoms with Crippen LogP contribution < -0.4 is 5.32 Å². The molecule has 0 spiro atoms. The Balaban J connectivity index is 1.51. The van der Waals surface area contributed by atoms with Gasteiger partial charge in [-0.25, -0.2) is 4.98 Å². The second-order valence-electron chi connectivity index (χ2n) is 8.08. The van der Waals surface area contributed by atoms with Gasteiger partial charge in [0.15, 0.2) is 0 Å². The molecular weight excluding hydrogens is 354 g/mol. The fraction of sp³-hybridized carbons (Fsp3) is 0.269. The molecule has 0 atom stereocenters. The highest BCUT2D eigenvalue weighted by Crippen LogP contribution is 2.31. The van der Waals surface area contributed by atoms with Crippen LogP contribution in [0.25, 0.3) is 11.0 Å². The number of aromatic nitrogens is 2. The third-order valence-corrected chi connectivity index (χ3v) is 5.99. The molecular formula is C26H27N3. The van der Waals surface area contributed by atoms with Crippen LogP contribution in [0.4, 0.5) is 11.4 Å². The van der Waals surface area contributed by atoms with E-state index >= 15 is 0 Å². The van der Waals surface area contributed by atoms with Gasteiger partial charge in [-0.2, -0.15) is 0 Å². The molecule has 0 radical (unpaired) electrons. The van der Waals surface area contributed by atoms with Crippen LogP contribution in [0.1, 0.15) is 41.4 Å². The van der Waals surface area contributed by atoms with Gasteiger partial charge in [0.05, 0.1) is 11.0 Å². The minimum atomic E-state index is 0.871. The van der Waals surface area contributed by atoms with Crippen LogP contribution in [-0.4, -0.2) is 9.55 Å². The molecule has 0 saturated carbocycles. The Morgan fingerprint density at radius 2 is 1.76 bits per heavy atom. The number of para-hydroxylation sites is 2. The van der Waals surface area contributed by atoms with Crippen molar-refractivity contribution in [1.29, 1.82) is 0 Å². The Bertz CT molecular complexity index is 1190. The van der Waals surface area contributed by atoms with E-state index in [-0.39, 0.29) is 0 Å². The zero-order chi connectivity index (χ0) is 19.8. The van der Waals surface area contributed by atoms with E-state index in [1.165, 1.54) is 45.0 Å². The molecule has 3 heteroatoms. The predicted molar refractivity (Wildman–Crippen MR) is 121 cm³/mol. The maximum Gasteiger partial charge on any atom is 0.110 e. The number of benzene rings is 3. The Labute approximate surface area is 172 Å². The lowest BCUT2D eigenvalue weighted by Gasteiger charge is -2.13. The van der Waals surface area contributed by atoms with Gasteiger partial charge in [0.25, 0.3) is 0 Å². The number of rotatable bonds is 4. The monoisotopic (exact) mass is 381 g/mol. The van der Waals surface area contributed by atoms with Crippen molar-refractivity contribution >= 4 is 22.4 Å². The number of imidazole rings is 1. The molecule has 0 aliphatic carbocycles. The van der Waals surface area contributed by atoms with Crippen molar-refractivity contribution < 1.29 is 0 Å². The third kappa shape index (κ3) is 3.31. The molecule has 3 aromatic carbocycles. The van der Waals surface area contributed by atoms with Crippen LogP contribution in [0.15, 0.2) is 60.7 Å². The summed E-state index contributed by atoms with van der Waals surface area (Å²) in [5.41, 5.74) is 10.2. The van der Waals surface area contributed by atoms with Crippen molar-refractivity contribution in [1.82, 2.24) is 9.55 Å². The molecule has 0 saturated heterocycles. The number of aryl methyl sites for hydroxylation is 4. The average molecular weight is 382 g/mol. The van der Waals surface area contributed by atoms with Gasteiger partial charge in [-0.15, -0.1) is 0 Å². The van der Waals surface area contributed by atoms with Gasteiger partial charge in [-0.05, 0) is 66.6 Å². The van der Waals surface area contributed by atoms with E-state index in [9.17, 15) is 0 Å². The van der Waals surface area contributed by atoms with Gasteiger partial charge < -0.3 is 9.88 Å². The number of nitrogens with one attached hydrogen (secondary N) is 1. The van der Waals surface area contributed by atoms with Crippen molar-refractivity contribution in [3.05, 3.63) is 88.7 Å². The van der Waals surface area contributed by atoms with Crippen molar-refractivity contribution in [2.75, 3.05) is 5.32 Å². The number of fused-ring (bicyclic) bond motifs is 3. The van der Waals surface area contributed by atoms with E-state index in [0.29, 0.717) is 0 Å². The van der Waals surface area contributed by atoms with E-state index < -0.39 is 0 Å². The molecule has 1 aliphatic rings. The molecule has 1 aliphatic heterocycles. The quantitative estimate of drug-likeness (QED) is 0.457. The summed E-state index contributed by atoms with van der Waals surface area (Å²) < 4.78 is 2.41. The zero-order valence-electron chi connectivity index (χ0n) is 17.2. The van der Waals surface area contributed by atoms with E-state index in [1.54, 1.807) is 0 Å². The second kappa shape index (κ2) is 7.40. The first-order valence-corrected chi connectivity index (χ1v) is 10.6. The van der Waals surface area contributed by atoms with Crippen molar-refractivity contribution in [2.45, 2.75) is 46.1 Å². The molecule has 3 nitrogen and oxygen atoms in total. The molecule has 146 valence electrons. The highest BCUT2D eigenvalue weighted by Gasteiger charge is 2.15. The fourth-order valence-electron chi connectivity index (χ4n) is 4.46. The zero-order valence-corrected chi connectivity index (χ0v) is 17.2. The first-order valence-electron chi connectivity index (χ1n) is 10.6. The SMILES string of the molecule is CCCc1nc2c(C)cccc2n1Cc1ccc2c(c1)CCc1ccccc1N2. The van der Waals surface area contributed by atoms with Crippen LogP contribution in [0, 0.1) is 6.92 Å². The van der Waals surface area contributed by atoms with Gasteiger partial charge >= 0.3 is 0 Å².